The van der Waals surface area contributed by atoms with Crippen molar-refractivity contribution in [1.29, 1.82) is 0 Å². The highest BCUT2D eigenvalue weighted by molar-refractivity contribution is 9.10. The number of aryl methyl sites for hydroxylation is 2. The summed E-state index contributed by atoms with van der Waals surface area (Å²) in [5.74, 6) is 0. The molecule has 0 saturated heterocycles. The molecule has 0 atom stereocenters. The minimum absolute atomic E-state index is 0.0309. The van der Waals surface area contributed by atoms with Gasteiger partial charge < -0.3 is 5.11 Å². The second kappa shape index (κ2) is 4.65. The van der Waals surface area contributed by atoms with E-state index in [1.807, 2.05) is 0 Å². The third-order valence-corrected chi connectivity index (χ3v) is 4.41. The number of aliphatic hydroxyl groups excluding tert-OH is 1. The van der Waals surface area contributed by atoms with E-state index in [2.05, 4.69) is 53.0 Å². The van der Waals surface area contributed by atoms with Crippen molar-refractivity contribution in [1.82, 2.24) is 4.98 Å². The lowest BCUT2D eigenvalue weighted by molar-refractivity contribution is 0.284. The lowest BCUT2D eigenvalue weighted by atomic mass is 10.1. The Kier molecular flexibility index (Phi) is 3.42. The van der Waals surface area contributed by atoms with E-state index in [4.69, 9.17) is 5.11 Å². The number of hydrogen-bond donors (Lipinski definition) is 1. The first kappa shape index (κ1) is 11.8. The van der Waals surface area contributed by atoms with Crippen molar-refractivity contribution in [3.05, 3.63) is 38.8 Å². The lowest BCUT2D eigenvalue weighted by Gasteiger charge is -2.02. The van der Waals surface area contributed by atoms with Gasteiger partial charge in [0.25, 0.3) is 0 Å². The van der Waals surface area contributed by atoms with Gasteiger partial charge in [0, 0.05) is 5.56 Å². The molecule has 2 aromatic rings. The topological polar surface area (TPSA) is 33.1 Å². The number of nitrogens with zero attached hydrogens (tertiary/aromatic N) is 1. The number of benzene rings is 1. The quantitative estimate of drug-likeness (QED) is 0.917. The molecule has 0 radical (unpaired) electrons. The van der Waals surface area contributed by atoms with Gasteiger partial charge in [-0.2, -0.15) is 0 Å². The molecule has 84 valence electrons. The molecule has 0 bridgehead atoms. The van der Waals surface area contributed by atoms with Crippen molar-refractivity contribution < 1.29 is 5.11 Å². The largest absolute Gasteiger partial charge is 0.391 e. The Morgan fingerprint density at radius 3 is 2.75 bits per heavy atom. The van der Waals surface area contributed by atoms with Crippen molar-refractivity contribution in [2.75, 3.05) is 0 Å². The van der Waals surface area contributed by atoms with Crippen LogP contribution in [0, 0.1) is 13.8 Å². The molecule has 0 aliphatic heterocycles. The summed E-state index contributed by atoms with van der Waals surface area (Å²) in [5, 5.41) is 10.1. The first-order valence-electron chi connectivity index (χ1n) is 4.95. The normalized spacial score (nSPS) is 10.8. The zero-order valence-electron chi connectivity index (χ0n) is 9.12. The highest BCUT2D eigenvalue weighted by Crippen LogP contribution is 2.33. The zero-order valence-corrected chi connectivity index (χ0v) is 11.5. The predicted molar refractivity (Wildman–Crippen MR) is 70.6 cm³/mol. The SMILES string of the molecule is Cc1ccc(C)c(-c2nc(Br)c(CO)s2)c1. The Morgan fingerprint density at radius 1 is 1.38 bits per heavy atom. The van der Waals surface area contributed by atoms with E-state index in [1.165, 1.54) is 22.5 Å². The van der Waals surface area contributed by atoms with Crippen LogP contribution in [0.25, 0.3) is 10.6 Å². The van der Waals surface area contributed by atoms with Crippen molar-refractivity contribution in [3.63, 3.8) is 0 Å². The van der Waals surface area contributed by atoms with Gasteiger partial charge >= 0.3 is 0 Å². The van der Waals surface area contributed by atoms with Crippen molar-refractivity contribution in [2.45, 2.75) is 20.5 Å². The summed E-state index contributed by atoms with van der Waals surface area (Å²) < 4.78 is 0.746. The Morgan fingerprint density at radius 2 is 2.12 bits per heavy atom. The maximum absolute atomic E-state index is 9.14. The van der Waals surface area contributed by atoms with Gasteiger partial charge in [0.2, 0.25) is 0 Å². The summed E-state index contributed by atoms with van der Waals surface area (Å²) >= 11 is 4.88. The van der Waals surface area contributed by atoms with E-state index in [9.17, 15) is 0 Å². The molecule has 0 spiro atoms. The molecule has 0 unspecified atom stereocenters. The van der Waals surface area contributed by atoms with E-state index in [0.717, 1.165) is 20.1 Å². The van der Waals surface area contributed by atoms with Crippen LogP contribution in [0.3, 0.4) is 0 Å². The number of rotatable bonds is 2. The number of hydrogen-bond acceptors (Lipinski definition) is 3. The van der Waals surface area contributed by atoms with Crippen LogP contribution in [0.1, 0.15) is 16.0 Å². The van der Waals surface area contributed by atoms with E-state index in [0.29, 0.717) is 0 Å². The minimum Gasteiger partial charge on any atom is -0.391 e. The summed E-state index contributed by atoms with van der Waals surface area (Å²) in [5.41, 5.74) is 3.57. The second-order valence-electron chi connectivity index (χ2n) is 3.71. The average Bonchev–Trinajstić information content (AvgIpc) is 2.63. The molecule has 2 nitrogen and oxygen atoms in total. The van der Waals surface area contributed by atoms with Gasteiger partial charge in [-0.25, -0.2) is 4.98 Å². The van der Waals surface area contributed by atoms with Crippen LogP contribution in [0.4, 0.5) is 0 Å². The van der Waals surface area contributed by atoms with Crippen LogP contribution >= 0.6 is 27.3 Å². The van der Waals surface area contributed by atoms with Gasteiger partial charge in [-0.05, 0) is 41.4 Å². The average molecular weight is 298 g/mol. The van der Waals surface area contributed by atoms with Crippen LogP contribution in [0.15, 0.2) is 22.8 Å². The molecule has 2 rings (SSSR count). The maximum Gasteiger partial charge on any atom is 0.125 e. The van der Waals surface area contributed by atoms with E-state index < -0.39 is 0 Å². The van der Waals surface area contributed by atoms with Gasteiger partial charge in [-0.1, -0.05) is 17.7 Å². The van der Waals surface area contributed by atoms with E-state index >= 15 is 0 Å². The monoisotopic (exact) mass is 297 g/mol. The smallest absolute Gasteiger partial charge is 0.125 e. The van der Waals surface area contributed by atoms with Gasteiger partial charge in [0.1, 0.15) is 9.61 Å². The molecule has 0 fully saturated rings. The molecule has 0 amide bonds. The molecule has 0 saturated carbocycles. The molecule has 4 heteroatoms. The van der Waals surface area contributed by atoms with Crippen molar-refractivity contribution in [2.24, 2.45) is 0 Å². The molecule has 1 heterocycles. The summed E-state index contributed by atoms with van der Waals surface area (Å²) in [4.78, 5) is 5.30. The molecule has 0 aliphatic carbocycles. The molecule has 16 heavy (non-hydrogen) atoms. The molecular weight excluding hydrogens is 286 g/mol. The first-order valence-corrected chi connectivity index (χ1v) is 6.56. The van der Waals surface area contributed by atoms with Crippen LogP contribution in [-0.4, -0.2) is 10.1 Å². The fourth-order valence-corrected chi connectivity index (χ4v) is 3.07. The fraction of sp³-hybridized carbons (Fsp3) is 0.250. The van der Waals surface area contributed by atoms with Crippen LogP contribution < -0.4 is 0 Å². The summed E-state index contributed by atoms with van der Waals surface area (Å²) in [7, 11) is 0. The zero-order chi connectivity index (χ0) is 11.7. The van der Waals surface area contributed by atoms with E-state index in [1.54, 1.807) is 0 Å². The van der Waals surface area contributed by atoms with Crippen molar-refractivity contribution >= 4 is 27.3 Å². The molecule has 0 aliphatic rings. The standard InChI is InChI=1S/C12H12BrNOS/c1-7-3-4-8(2)9(5-7)12-14-11(13)10(6-15)16-12/h3-5,15H,6H2,1-2H3. The highest BCUT2D eigenvalue weighted by atomic mass is 79.9. The second-order valence-corrected chi connectivity index (χ2v) is 5.54. The fourth-order valence-electron chi connectivity index (χ4n) is 1.51. The third kappa shape index (κ3) is 2.19. The molecule has 1 aromatic carbocycles. The number of thiazole rings is 1. The molecule has 1 aromatic heterocycles. The summed E-state index contributed by atoms with van der Waals surface area (Å²) in [6, 6.07) is 6.31. The van der Waals surface area contributed by atoms with Gasteiger partial charge in [-0.3, -0.25) is 0 Å². The van der Waals surface area contributed by atoms with Crippen LogP contribution in [0.2, 0.25) is 0 Å². The lowest BCUT2D eigenvalue weighted by Crippen LogP contribution is -1.83. The minimum atomic E-state index is 0.0309. The molecule has 1 N–H and O–H groups in total. The third-order valence-electron chi connectivity index (χ3n) is 2.42. The van der Waals surface area contributed by atoms with Crippen LogP contribution in [-0.2, 0) is 6.61 Å². The van der Waals surface area contributed by atoms with Gasteiger partial charge in [0.05, 0.1) is 11.5 Å². The van der Waals surface area contributed by atoms with Gasteiger partial charge in [0.15, 0.2) is 0 Å². The van der Waals surface area contributed by atoms with Crippen LogP contribution in [0.5, 0.6) is 0 Å². The maximum atomic E-state index is 9.14. The number of halogens is 1. The Hall–Kier alpha value is -0.710. The molecular formula is C12H12BrNOS. The number of aromatic nitrogens is 1. The Bertz CT molecular complexity index is 522. The van der Waals surface area contributed by atoms with E-state index in [-0.39, 0.29) is 6.61 Å². The Balaban J connectivity index is 2.53. The highest BCUT2D eigenvalue weighted by Gasteiger charge is 2.11. The first-order chi connectivity index (χ1) is 7.61. The van der Waals surface area contributed by atoms with Crippen molar-refractivity contribution in [3.8, 4) is 10.6 Å². The summed E-state index contributed by atoms with van der Waals surface area (Å²) in [6.07, 6.45) is 0. The van der Waals surface area contributed by atoms with Gasteiger partial charge in [-0.15, -0.1) is 11.3 Å². The summed E-state index contributed by atoms with van der Waals surface area (Å²) in [6.45, 7) is 4.17. The predicted octanol–water partition coefficient (Wildman–Crippen LogP) is 3.68. The Labute approximate surface area is 107 Å². The number of aliphatic hydroxyl groups is 1.